The van der Waals surface area contributed by atoms with Crippen LogP contribution in [0.15, 0.2) is 35.3 Å². The second-order valence-corrected chi connectivity index (χ2v) is 9.47. The molecule has 0 saturated carbocycles. The van der Waals surface area contributed by atoms with E-state index >= 15 is 4.39 Å². The summed E-state index contributed by atoms with van der Waals surface area (Å²) in [4.78, 5) is 27.2. The fraction of sp³-hybridized carbons (Fsp3) is 0.407. The molecule has 204 valence electrons. The topological polar surface area (TPSA) is 110 Å². The number of fused-ring (bicyclic) bond motifs is 1. The molecule has 1 aliphatic heterocycles. The van der Waals surface area contributed by atoms with Crippen molar-refractivity contribution in [3.05, 3.63) is 68.2 Å². The van der Waals surface area contributed by atoms with Crippen LogP contribution >= 0.6 is 11.6 Å². The fourth-order valence-electron chi connectivity index (χ4n) is 4.74. The summed E-state index contributed by atoms with van der Waals surface area (Å²) < 4.78 is 32.9. The molecule has 1 saturated heterocycles. The Morgan fingerprint density at radius 2 is 1.92 bits per heavy atom. The first-order valence-corrected chi connectivity index (χ1v) is 12.6. The first-order valence-electron chi connectivity index (χ1n) is 12.2. The second-order valence-electron chi connectivity index (χ2n) is 9.06. The molecule has 1 aliphatic rings. The lowest BCUT2D eigenvalue weighted by Crippen LogP contribution is -2.36. The summed E-state index contributed by atoms with van der Waals surface area (Å²) in [7, 11) is 2.98. The SMILES string of the molecule is COCC[C@@H](CO)n1cc(C(=O)O)c(=O)c2cc(Cc3cc(N4CCOCC4)cc(Cl)c3F)c(OC)cc21. The number of methoxy groups -OCH3 is 2. The number of aromatic carboxylic acids is 1. The molecule has 0 bridgehead atoms. The highest BCUT2D eigenvalue weighted by Crippen LogP contribution is 2.33. The van der Waals surface area contributed by atoms with E-state index in [0.29, 0.717) is 61.7 Å². The van der Waals surface area contributed by atoms with Crippen LogP contribution in [-0.2, 0) is 15.9 Å². The number of carbonyl (C=O) groups is 1. The normalized spacial score (nSPS) is 14.6. The van der Waals surface area contributed by atoms with E-state index in [1.54, 1.807) is 22.8 Å². The molecule has 38 heavy (non-hydrogen) atoms. The van der Waals surface area contributed by atoms with Crippen molar-refractivity contribution in [2.24, 2.45) is 0 Å². The Bertz CT molecular complexity index is 1390. The number of pyridine rings is 1. The summed E-state index contributed by atoms with van der Waals surface area (Å²) in [6.07, 6.45) is 1.66. The van der Waals surface area contributed by atoms with Crippen molar-refractivity contribution in [3.63, 3.8) is 0 Å². The van der Waals surface area contributed by atoms with Crippen LogP contribution in [0.1, 0.15) is 33.9 Å². The third-order valence-electron chi connectivity index (χ3n) is 6.77. The maximum atomic E-state index is 15.2. The van der Waals surface area contributed by atoms with Crippen molar-refractivity contribution in [2.45, 2.75) is 18.9 Å². The quantitative estimate of drug-likeness (QED) is 0.396. The fourth-order valence-corrected chi connectivity index (χ4v) is 4.98. The summed E-state index contributed by atoms with van der Waals surface area (Å²) in [5.74, 6) is -1.59. The molecular weight excluding hydrogens is 519 g/mol. The van der Waals surface area contributed by atoms with Gasteiger partial charge in [0.1, 0.15) is 17.1 Å². The van der Waals surface area contributed by atoms with Crippen molar-refractivity contribution in [2.75, 3.05) is 58.6 Å². The average molecular weight is 549 g/mol. The minimum absolute atomic E-state index is 0.0248. The van der Waals surface area contributed by atoms with Crippen LogP contribution in [0, 0.1) is 5.82 Å². The van der Waals surface area contributed by atoms with Crippen molar-refractivity contribution >= 4 is 34.2 Å². The Hall–Kier alpha value is -3.18. The van der Waals surface area contributed by atoms with Gasteiger partial charge in [0.15, 0.2) is 0 Å². The zero-order valence-corrected chi connectivity index (χ0v) is 22.0. The van der Waals surface area contributed by atoms with Gasteiger partial charge in [-0.15, -0.1) is 0 Å². The molecule has 0 aliphatic carbocycles. The molecule has 1 fully saturated rings. The number of aliphatic hydroxyl groups is 1. The maximum Gasteiger partial charge on any atom is 0.341 e. The van der Waals surface area contributed by atoms with Crippen molar-refractivity contribution in [3.8, 4) is 5.75 Å². The zero-order valence-electron chi connectivity index (χ0n) is 21.2. The largest absolute Gasteiger partial charge is 0.496 e. The van der Waals surface area contributed by atoms with Gasteiger partial charge in [0.25, 0.3) is 0 Å². The number of hydrogen-bond donors (Lipinski definition) is 2. The van der Waals surface area contributed by atoms with Crippen LogP contribution in [0.5, 0.6) is 5.75 Å². The predicted octanol–water partition coefficient (Wildman–Crippen LogP) is 3.50. The molecule has 1 atom stereocenters. The lowest BCUT2D eigenvalue weighted by molar-refractivity contribution is 0.0694. The van der Waals surface area contributed by atoms with E-state index in [-0.39, 0.29) is 23.4 Å². The van der Waals surface area contributed by atoms with Crippen LogP contribution in [-0.4, -0.2) is 74.5 Å². The molecule has 0 unspecified atom stereocenters. The predicted molar refractivity (Wildman–Crippen MR) is 142 cm³/mol. The molecule has 3 aromatic rings. The number of rotatable bonds is 10. The number of carboxylic acid groups (broad SMARTS) is 1. The number of aromatic nitrogens is 1. The first kappa shape index (κ1) is 27.8. The number of hydrogen-bond acceptors (Lipinski definition) is 7. The summed E-state index contributed by atoms with van der Waals surface area (Å²) in [5.41, 5.74) is 0.812. The van der Waals surface area contributed by atoms with E-state index in [0.717, 1.165) is 5.69 Å². The smallest absolute Gasteiger partial charge is 0.341 e. The summed E-state index contributed by atoms with van der Waals surface area (Å²) in [5, 5.41) is 19.8. The van der Waals surface area contributed by atoms with Crippen LogP contribution in [0.2, 0.25) is 5.02 Å². The molecule has 2 N–H and O–H groups in total. The van der Waals surface area contributed by atoms with Gasteiger partial charge in [-0.2, -0.15) is 0 Å². The third-order valence-corrected chi connectivity index (χ3v) is 7.04. The molecular formula is C27H30ClFN2O7. The van der Waals surface area contributed by atoms with Gasteiger partial charge in [-0.05, 0) is 35.7 Å². The maximum absolute atomic E-state index is 15.2. The van der Waals surface area contributed by atoms with Gasteiger partial charge in [0.2, 0.25) is 5.43 Å². The molecule has 0 radical (unpaired) electrons. The van der Waals surface area contributed by atoms with Crippen LogP contribution in [0.25, 0.3) is 10.9 Å². The third kappa shape index (κ3) is 5.63. The zero-order chi connectivity index (χ0) is 27.4. The van der Waals surface area contributed by atoms with Crippen molar-refractivity contribution in [1.29, 1.82) is 0 Å². The second kappa shape index (κ2) is 12.1. The lowest BCUT2D eigenvalue weighted by Gasteiger charge is -2.29. The number of carboxylic acids is 1. The Morgan fingerprint density at radius 1 is 1.18 bits per heavy atom. The summed E-state index contributed by atoms with van der Waals surface area (Å²) >= 11 is 6.25. The highest BCUT2D eigenvalue weighted by Gasteiger charge is 2.22. The monoisotopic (exact) mass is 548 g/mol. The first-order chi connectivity index (χ1) is 18.3. The summed E-state index contributed by atoms with van der Waals surface area (Å²) in [6, 6.07) is 5.88. The van der Waals surface area contributed by atoms with Crippen LogP contribution in [0.3, 0.4) is 0 Å². The van der Waals surface area contributed by atoms with E-state index in [2.05, 4.69) is 4.90 Å². The Balaban J connectivity index is 1.86. The number of ether oxygens (including phenoxy) is 3. The van der Waals surface area contributed by atoms with Crippen molar-refractivity contribution < 1.29 is 33.6 Å². The molecule has 2 aromatic carbocycles. The number of aliphatic hydroxyl groups excluding tert-OH is 1. The Morgan fingerprint density at radius 3 is 2.55 bits per heavy atom. The molecule has 4 rings (SSSR count). The van der Waals surface area contributed by atoms with Crippen molar-refractivity contribution in [1.82, 2.24) is 4.57 Å². The molecule has 1 aromatic heterocycles. The number of benzene rings is 2. The van der Waals surface area contributed by atoms with E-state index < -0.39 is 28.8 Å². The van der Waals surface area contributed by atoms with Gasteiger partial charge in [-0.25, -0.2) is 9.18 Å². The Labute approximate surface area is 223 Å². The number of morpholine rings is 1. The van der Waals surface area contributed by atoms with Gasteiger partial charge in [-0.1, -0.05) is 11.6 Å². The van der Waals surface area contributed by atoms with Gasteiger partial charge in [0.05, 0.1) is 43.5 Å². The Kier molecular flexibility index (Phi) is 8.88. The van der Waals surface area contributed by atoms with Crippen LogP contribution in [0.4, 0.5) is 10.1 Å². The van der Waals surface area contributed by atoms with E-state index in [9.17, 15) is 19.8 Å². The molecule has 0 amide bonds. The molecule has 9 nitrogen and oxygen atoms in total. The highest BCUT2D eigenvalue weighted by molar-refractivity contribution is 6.31. The number of nitrogens with zero attached hydrogens (tertiary/aromatic N) is 2. The lowest BCUT2D eigenvalue weighted by atomic mass is 9.99. The number of halogens is 2. The van der Waals surface area contributed by atoms with E-state index in [1.807, 2.05) is 0 Å². The summed E-state index contributed by atoms with van der Waals surface area (Å²) in [6.45, 7) is 2.42. The van der Waals surface area contributed by atoms with Gasteiger partial charge in [0, 0.05) is 56.6 Å². The standard InChI is InChI=1S/C27H30ClFN2O7/c1-36-6-3-18(15-32)31-14-21(27(34)35)26(33)20-11-16(24(37-2)13-23(20)31)9-17-10-19(12-22(28)25(17)29)30-4-7-38-8-5-30/h10-14,18,32H,3-9,15H2,1-2H3,(H,34,35)/t18-/m0/s1. The molecule has 11 heteroatoms. The van der Waals surface area contributed by atoms with Crippen LogP contribution < -0.4 is 15.1 Å². The number of anilines is 1. The minimum atomic E-state index is -1.39. The minimum Gasteiger partial charge on any atom is -0.496 e. The molecule has 0 spiro atoms. The highest BCUT2D eigenvalue weighted by atomic mass is 35.5. The van der Waals surface area contributed by atoms with E-state index in [1.165, 1.54) is 26.5 Å². The average Bonchev–Trinajstić information content (AvgIpc) is 2.92. The van der Waals surface area contributed by atoms with E-state index in [4.69, 9.17) is 25.8 Å². The molecule has 2 heterocycles. The van der Waals surface area contributed by atoms with Gasteiger partial charge < -0.3 is 33.9 Å². The van der Waals surface area contributed by atoms with Gasteiger partial charge in [-0.3, -0.25) is 4.79 Å². The van der Waals surface area contributed by atoms with Gasteiger partial charge >= 0.3 is 5.97 Å².